The highest BCUT2D eigenvalue weighted by atomic mass is 35.5. The van der Waals surface area contributed by atoms with E-state index in [0.717, 1.165) is 11.8 Å². The monoisotopic (exact) mass is 599 g/mol. The van der Waals surface area contributed by atoms with Crippen molar-refractivity contribution in [3.8, 4) is 5.75 Å². The van der Waals surface area contributed by atoms with E-state index in [4.69, 9.17) is 16.3 Å². The van der Waals surface area contributed by atoms with Crippen LogP contribution in [0.1, 0.15) is 37.8 Å². The maximum absolute atomic E-state index is 13.9. The van der Waals surface area contributed by atoms with Crippen LogP contribution in [-0.4, -0.2) is 57.1 Å². The van der Waals surface area contributed by atoms with Crippen LogP contribution in [0.25, 0.3) is 0 Å². The molecule has 0 fully saturated rings. The molecule has 0 bridgehead atoms. The van der Waals surface area contributed by atoms with Crippen molar-refractivity contribution >= 4 is 39.1 Å². The van der Waals surface area contributed by atoms with Crippen LogP contribution < -0.4 is 14.4 Å². The maximum Gasteiger partial charge on any atom is 0.243 e. The Morgan fingerprint density at radius 1 is 0.951 bits per heavy atom. The molecule has 0 spiro atoms. The first-order chi connectivity index (χ1) is 19.5. The first-order valence-corrected chi connectivity index (χ1v) is 15.7. The van der Waals surface area contributed by atoms with Crippen molar-refractivity contribution in [1.29, 1.82) is 0 Å². The molecular weight excluding hydrogens is 562 g/mol. The summed E-state index contributed by atoms with van der Waals surface area (Å²) in [5, 5.41) is 3.45. The Morgan fingerprint density at radius 2 is 1.59 bits per heavy atom. The zero-order valence-corrected chi connectivity index (χ0v) is 25.5. The molecule has 220 valence electrons. The number of rotatable bonds is 14. The van der Waals surface area contributed by atoms with Gasteiger partial charge in [-0.15, -0.1) is 0 Å². The Hall–Kier alpha value is -3.56. The zero-order valence-electron chi connectivity index (χ0n) is 23.9. The summed E-state index contributed by atoms with van der Waals surface area (Å²) in [4.78, 5) is 28.9. The molecule has 0 aromatic heterocycles. The van der Waals surface area contributed by atoms with Gasteiger partial charge in [-0.3, -0.25) is 13.9 Å². The van der Waals surface area contributed by atoms with Gasteiger partial charge in [-0.25, -0.2) is 8.42 Å². The normalized spacial score (nSPS) is 12.0. The average molecular weight is 600 g/mol. The van der Waals surface area contributed by atoms with Gasteiger partial charge in [-0.2, -0.15) is 0 Å². The number of halogens is 1. The third-order valence-corrected chi connectivity index (χ3v) is 8.06. The van der Waals surface area contributed by atoms with Gasteiger partial charge in [0, 0.05) is 37.0 Å². The molecule has 0 aliphatic heterocycles. The molecule has 0 radical (unpaired) electrons. The number of methoxy groups -OCH3 is 1. The van der Waals surface area contributed by atoms with Gasteiger partial charge in [0.05, 0.1) is 19.1 Å². The number of anilines is 1. The molecule has 0 aliphatic carbocycles. The second-order valence-electron chi connectivity index (χ2n) is 10.1. The number of ether oxygens (including phenoxy) is 1. The molecule has 3 aromatic rings. The fourth-order valence-electron chi connectivity index (χ4n) is 4.56. The van der Waals surface area contributed by atoms with Gasteiger partial charge in [-0.1, -0.05) is 72.3 Å². The third kappa shape index (κ3) is 9.23. The third-order valence-electron chi connectivity index (χ3n) is 6.51. The fraction of sp³-hybridized carbons (Fsp3) is 0.355. The second kappa shape index (κ2) is 14.9. The van der Waals surface area contributed by atoms with Crippen molar-refractivity contribution in [2.75, 3.05) is 24.2 Å². The Bertz CT molecular complexity index is 1420. The molecule has 41 heavy (non-hydrogen) atoms. The molecule has 3 rings (SSSR count). The van der Waals surface area contributed by atoms with Crippen LogP contribution in [0.2, 0.25) is 5.02 Å². The van der Waals surface area contributed by atoms with Gasteiger partial charge >= 0.3 is 0 Å². The van der Waals surface area contributed by atoms with Gasteiger partial charge in [0.1, 0.15) is 11.8 Å². The summed E-state index contributed by atoms with van der Waals surface area (Å²) in [5.74, 6) is -0.132. The number of amides is 2. The van der Waals surface area contributed by atoms with Gasteiger partial charge in [0.15, 0.2) is 0 Å². The van der Waals surface area contributed by atoms with E-state index < -0.39 is 16.1 Å². The van der Waals surface area contributed by atoms with Crippen molar-refractivity contribution in [3.05, 3.63) is 95.0 Å². The minimum Gasteiger partial charge on any atom is -0.495 e. The van der Waals surface area contributed by atoms with Gasteiger partial charge in [0.25, 0.3) is 0 Å². The van der Waals surface area contributed by atoms with Crippen molar-refractivity contribution < 1.29 is 22.7 Å². The topological polar surface area (TPSA) is 96.0 Å². The van der Waals surface area contributed by atoms with Gasteiger partial charge in [0.2, 0.25) is 21.8 Å². The van der Waals surface area contributed by atoms with E-state index in [0.29, 0.717) is 28.4 Å². The number of hydrogen-bond donors (Lipinski definition) is 1. The Labute approximate surface area is 248 Å². The number of para-hydroxylation sites is 2. The summed E-state index contributed by atoms with van der Waals surface area (Å²) in [6.45, 7) is 3.93. The maximum atomic E-state index is 13.9. The predicted molar refractivity (Wildman–Crippen MR) is 164 cm³/mol. The summed E-state index contributed by atoms with van der Waals surface area (Å²) in [7, 11) is -2.18. The van der Waals surface area contributed by atoms with Crippen molar-refractivity contribution in [3.63, 3.8) is 0 Å². The summed E-state index contributed by atoms with van der Waals surface area (Å²) < 4.78 is 32.0. The molecule has 1 N–H and O–H groups in total. The lowest BCUT2D eigenvalue weighted by Crippen LogP contribution is -2.51. The van der Waals surface area contributed by atoms with E-state index in [-0.39, 0.29) is 43.8 Å². The van der Waals surface area contributed by atoms with Crippen LogP contribution in [0.4, 0.5) is 5.69 Å². The number of carbonyl (C=O) groups is 2. The Kier molecular flexibility index (Phi) is 11.6. The highest BCUT2D eigenvalue weighted by Gasteiger charge is 2.31. The molecule has 1 atom stereocenters. The molecule has 0 saturated heterocycles. The SMILES string of the molecule is COc1ccccc1N(CCCC(=O)N(Cc1ccccc1Cl)[C@H](Cc1ccccc1)C(=O)NC(C)C)S(C)(=O)=O. The molecular formula is C31H38ClN3O5S. The van der Waals surface area contributed by atoms with Crippen LogP contribution in [0.5, 0.6) is 5.75 Å². The molecule has 0 heterocycles. The molecule has 10 heteroatoms. The molecule has 2 amide bonds. The number of nitrogens with zero attached hydrogens (tertiary/aromatic N) is 2. The molecule has 0 unspecified atom stereocenters. The van der Waals surface area contributed by atoms with E-state index in [2.05, 4.69) is 5.32 Å². The Balaban J connectivity index is 1.90. The van der Waals surface area contributed by atoms with Crippen LogP contribution in [0.3, 0.4) is 0 Å². The second-order valence-corrected chi connectivity index (χ2v) is 12.4. The van der Waals surface area contributed by atoms with E-state index >= 15 is 0 Å². The van der Waals surface area contributed by atoms with Gasteiger partial charge < -0.3 is 15.0 Å². The highest BCUT2D eigenvalue weighted by Crippen LogP contribution is 2.30. The van der Waals surface area contributed by atoms with Crippen LogP contribution in [0, 0.1) is 0 Å². The van der Waals surface area contributed by atoms with E-state index in [9.17, 15) is 18.0 Å². The molecule has 0 saturated carbocycles. The van der Waals surface area contributed by atoms with E-state index in [1.54, 1.807) is 35.2 Å². The zero-order chi connectivity index (χ0) is 30.0. The summed E-state index contributed by atoms with van der Waals surface area (Å²) in [5.41, 5.74) is 2.02. The Morgan fingerprint density at radius 3 is 2.22 bits per heavy atom. The van der Waals surface area contributed by atoms with Gasteiger partial charge in [-0.05, 0) is 49.6 Å². The lowest BCUT2D eigenvalue weighted by atomic mass is 10.0. The number of benzene rings is 3. The van der Waals surface area contributed by atoms with Crippen LogP contribution in [-0.2, 0) is 32.6 Å². The quantitative estimate of drug-likeness (QED) is 0.279. The van der Waals surface area contributed by atoms with Crippen LogP contribution in [0.15, 0.2) is 78.9 Å². The number of nitrogens with one attached hydrogen (secondary N) is 1. The average Bonchev–Trinajstić information content (AvgIpc) is 2.93. The lowest BCUT2D eigenvalue weighted by Gasteiger charge is -2.32. The summed E-state index contributed by atoms with van der Waals surface area (Å²) in [6.07, 6.45) is 1.68. The van der Waals surface area contributed by atoms with Crippen molar-refractivity contribution in [1.82, 2.24) is 10.2 Å². The standard InChI is InChI=1S/C31H38ClN3O5S/c1-23(2)33-31(37)28(21-24-13-6-5-7-14-24)34(22-25-15-8-9-16-26(25)32)30(36)19-12-20-35(41(4,38)39)27-17-10-11-18-29(27)40-3/h5-11,13-18,23,28H,12,19-22H2,1-4H3,(H,33,37)/t28-/m1/s1. The smallest absolute Gasteiger partial charge is 0.243 e. The van der Waals surface area contributed by atoms with E-state index in [1.807, 2.05) is 62.4 Å². The molecule has 0 aliphatic rings. The van der Waals surface area contributed by atoms with Crippen molar-refractivity contribution in [2.24, 2.45) is 0 Å². The minimum atomic E-state index is -3.66. The van der Waals surface area contributed by atoms with Crippen LogP contribution >= 0.6 is 11.6 Å². The number of carbonyl (C=O) groups excluding carboxylic acids is 2. The minimum absolute atomic E-state index is 0.0197. The summed E-state index contributed by atoms with van der Waals surface area (Å²) >= 11 is 6.47. The first-order valence-electron chi connectivity index (χ1n) is 13.5. The molecule has 3 aromatic carbocycles. The largest absolute Gasteiger partial charge is 0.495 e. The number of hydrogen-bond acceptors (Lipinski definition) is 5. The lowest BCUT2D eigenvalue weighted by molar-refractivity contribution is -0.141. The van der Waals surface area contributed by atoms with E-state index in [1.165, 1.54) is 11.4 Å². The van der Waals surface area contributed by atoms with Crippen molar-refractivity contribution in [2.45, 2.75) is 51.7 Å². The summed E-state index contributed by atoms with van der Waals surface area (Å²) in [6, 6.07) is 22.7. The highest BCUT2D eigenvalue weighted by molar-refractivity contribution is 7.92. The predicted octanol–water partition coefficient (Wildman–Crippen LogP) is 5.06. The first kappa shape index (κ1) is 32.0. The molecule has 8 nitrogen and oxygen atoms in total. The number of sulfonamides is 1. The fourth-order valence-corrected chi connectivity index (χ4v) is 5.73.